The summed E-state index contributed by atoms with van der Waals surface area (Å²) in [7, 11) is 0. The van der Waals surface area contributed by atoms with Crippen molar-refractivity contribution in [2.24, 2.45) is 11.1 Å². The van der Waals surface area contributed by atoms with Gasteiger partial charge in [-0.3, -0.25) is 4.79 Å². The molecular weight excluding hydrogens is 259 g/mol. The molecule has 20 heavy (non-hydrogen) atoms. The van der Waals surface area contributed by atoms with Crippen molar-refractivity contribution in [2.75, 3.05) is 6.61 Å². The minimum Gasteiger partial charge on any atom is -0.488 e. The lowest BCUT2D eigenvalue weighted by molar-refractivity contribution is -0.123. The highest BCUT2D eigenvalue weighted by Gasteiger charge is 2.28. The summed E-state index contributed by atoms with van der Waals surface area (Å²) >= 11 is 0. The Kier molecular flexibility index (Phi) is 5.51. The molecule has 2 atom stereocenters. The third kappa shape index (κ3) is 4.81. The van der Waals surface area contributed by atoms with E-state index in [1.165, 1.54) is 6.07 Å². The molecule has 3 N–H and O–H groups in total. The van der Waals surface area contributed by atoms with Crippen LogP contribution in [0.2, 0.25) is 0 Å². The van der Waals surface area contributed by atoms with E-state index in [0.29, 0.717) is 0 Å². The summed E-state index contributed by atoms with van der Waals surface area (Å²) in [6.45, 7) is 7.73. The lowest BCUT2D eigenvalue weighted by Crippen LogP contribution is -2.51. The van der Waals surface area contributed by atoms with E-state index in [-0.39, 0.29) is 29.7 Å². The number of amides is 1. The molecule has 1 unspecified atom stereocenters. The largest absolute Gasteiger partial charge is 0.488 e. The van der Waals surface area contributed by atoms with Gasteiger partial charge in [0.25, 0.3) is 0 Å². The van der Waals surface area contributed by atoms with Gasteiger partial charge in [0.2, 0.25) is 5.91 Å². The van der Waals surface area contributed by atoms with Crippen molar-refractivity contribution < 1.29 is 13.9 Å². The first-order chi connectivity index (χ1) is 9.21. The zero-order valence-corrected chi connectivity index (χ0v) is 12.4. The van der Waals surface area contributed by atoms with Crippen LogP contribution in [0.3, 0.4) is 0 Å². The van der Waals surface area contributed by atoms with Crippen molar-refractivity contribution in [3.8, 4) is 5.75 Å². The average molecular weight is 282 g/mol. The van der Waals surface area contributed by atoms with Gasteiger partial charge in [0.1, 0.15) is 6.61 Å². The van der Waals surface area contributed by atoms with Gasteiger partial charge < -0.3 is 15.8 Å². The minimum absolute atomic E-state index is 0.178. The second-order valence-electron chi connectivity index (χ2n) is 5.96. The van der Waals surface area contributed by atoms with Crippen LogP contribution in [0.15, 0.2) is 24.3 Å². The molecule has 112 valence electrons. The van der Waals surface area contributed by atoms with Crippen LogP contribution in [0, 0.1) is 11.2 Å². The molecule has 5 heteroatoms. The van der Waals surface area contributed by atoms with Gasteiger partial charge in [-0.1, -0.05) is 32.9 Å². The van der Waals surface area contributed by atoms with Crippen LogP contribution in [0.4, 0.5) is 4.39 Å². The fourth-order valence-electron chi connectivity index (χ4n) is 1.55. The number of ether oxygens (including phenoxy) is 1. The van der Waals surface area contributed by atoms with E-state index in [9.17, 15) is 9.18 Å². The van der Waals surface area contributed by atoms with E-state index in [4.69, 9.17) is 10.5 Å². The van der Waals surface area contributed by atoms with Crippen molar-refractivity contribution in [3.05, 3.63) is 30.1 Å². The number of carbonyl (C=O) groups excluding carboxylic acids is 1. The lowest BCUT2D eigenvalue weighted by atomic mass is 9.87. The van der Waals surface area contributed by atoms with Gasteiger partial charge in [0.15, 0.2) is 11.6 Å². The van der Waals surface area contributed by atoms with Gasteiger partial charge in [-0.05, 0) is 24.5 Å². The van der Waals surface area contributed by atoms with E-state index in [1.54, 1.807) is 25.1 Å². The maximum Gasteiger partial charge on any atom is 0.236 e. The maximum absolute atomic E-state index is 13.5. The Labute approximate surface area is 119 Å². The zero-order chi connectivity index (χ0) is 15.3. The number of rotatable bonds is 5. The predicted molar refractivity (Wildman–Crippen MR) is 76.9 cm³/mol. The summed E-state index contributed by atoms with van der Waals surface area (Å²) in [6.07, 6.45) is 0. The standard InChI is InChI=1S/C15H23FN2O2/c1-10(17)14(19)18-13(15(2,3)4)9-20-12-8-6-5-7-11(12)16/h5-8,10,13H,9,17H2,1-4H3,(H,18,19)/t10-,13?/m1/s1. The Balaban J connectivity index is 2.72. The second kappa shape index (κ2) is 6.70. The van der Waals surface area contributed by atoms with E-state index in [2.05, 4.69) is 5.32 Å². The van der Waals surface area contributed by atoms with Gasteiger partial charge in [-0.25, -0.2) is 4.39 Å². The van der Waals surface area contributed by atoms with Gasteiger partial charge in [-0.2, -0.15) is 0 Å². The molecule has 0 aromatic heterocycles. The minimum atomic E-state index is -0.590. The van der Waals surface area contributed by atoms with Crippen LogP contribution in [-0.4, -0.2) is 24.6 Å². The third-order valence-corrected chi connectivity index (χ3v) is 3.02. The number of hydrogen-bond acceptors (Lipinski definition) is 3. The first-order valence-electron chi connectivity index (χ1n) is 6.65. The van der Waals surface area contributed by atoms with Crippen LogP contribution in [0.5, 0.6) is 5.75 Å². The van der Waals surface area contributed by atoms with Gasteiger partial charge in [0, 0.05) is 0 Å². The molecule has 1 rings (SSSR count). The first kappa shape index (κ1) is 16.4. The molecule has 0 aliphatic carbocycles. The lowest BCUT2D eigenvalue weighted by Gasteiger charge is -2.32. The van der Waals surface area contributed by atoms with Gasteiger partial charge >= 0.3 is 0 Å². The molecule has 0 aliphatic rings. The quantitative estimate of drug-likeness (QED) is 0.869. The number of para-hydroxylation sites is 1. The number of nitrogens with two attached hydrogens (primary N) is 1. The number of hydrogen-bond donors (Lipinski definition) is 2. The normalized spacial score (nSPS) is 14.5. The monoisotopic (exact) mass is 282 g/mol. The van der Waals surface area contributed by atoms with Gasteiger partial charge in [0.05, 0.1) is 12.1 Å². The van der Waals surface area contributed by atoms with Crippen LogP contribution in [0.1, 0.15) is 27.7 Å². The Hall–Kier alpha value is -1.62. The highest BCUT2D eigenvalue weighted by molar-refractivity contribution is 5.81. The predicted octanol–water partition coefficient (Wildman–Crippen LogP) is 2.08. The Morgan fingerprint density at radius 1 is 1.40 bits per heavy atom. The first-order valence-corrected chi connectivity index (χ1v) is 6.65. The molecule has 1 amide bonds. The summed E-state index contributed by atoms with van der Waals surface area (Å²) in [6, 6.07) is 5.34. The molecule has 0 radical (unpaired) electrons. The molecule has 0 bridgehead atoms. The Morgan fingerprint density at radius 3 is 2.50 bits per heavy atom. The molecular formula is C15H23FN2O2. The van der Waals surface area contributed by atoms with Crippen molar-refractivity contribution in [1.29, 1.82) is 0 Å². The second-order valence-corrected chi connectivity index (χ2v) is 5.96. The fraction of sp³-hybridized carbons (Fsp3) is 0.533. The number of carbonyl (C=O) groups is 1. The van der Waals surface area contributed by atoms with Crippen molar-refractivity contribution in [2.45, 2.75) is 39.8 Å². The average Bonchev–Trinajstić information content (AvgIpc) is 2.34. The van der Waals surface area contributed by atoms with Crippen LogP contribution >= 0.6 is 0 Å². The molecule has 0 spiro atoms. The third-order valence-electron chi connectivity index (χ3n) is 3.02. The van der Waals surface area contributed by atoms with E-state index in [1.807, 2.05) is 20.8 Å². The summed E-state index contributed by atoms with van der Waals surface area (Å²) in [5, 5.41) is 2.83. The van der Waals surface area contributed by atoms with E-state index in [0.717, 1.165) is 0 Å². The van der Waals surface area contributed by atoms with Gasteiger partial charge in [-0.15, -0.1) is 0 Å². The van der Waals surface area contributed by atoms with E-state index >= 15 is 0 Å². The van der Waals surface area contributed by atoms with Crippen LogP contribution in [0.25, 0.3) is 0 Å². The highest BCUT2D eigenvalue weighted by Crippen LogP contribution is 2.22. The molecule has 0 saturated heterocycles. The van der Waals surface area contributed by atoms with Crippen molar-refractivity contribution in [1.82, 2.24) is 5.32 Å². The molecule has 1 aromatic rings. The molecule has 4 nitrogen and oxygen atoms in total. The van der Waals surface area contributed by atoms with E-state index < -0.39 is 11.9 Å². The Morgan fingerprint density at radius 2 is 2.00 bits per heavy atom. The van der Waals surface area contributed by atoms with Crippen molar-refractivity contribution >= 4 is 5.91 Å². The summed E-state index contributed by atoms with van der Waals surface area (Å²) in [4.78, 5) is 11.7. The molecule has 0 heterocycles. The topological polar surface area (TPSA) is 64.4 Å². The van der Waals surface area contributed by atoms with Crippen LogP contribution in [-0.2, 0) is 4.79 Å². The molecule has 0 fully saturated rings. The van der Waals surface area contributed by atoms with Crippen LogP contribution < -0.4 is 15.8 Å². The van der Waals surface area contributed by atoms with Crippen molar-refractivity contribution in [3.63, 3.8) is 0 Å². The molecule has 1 aromatic carbocycles. The molecule has 0 saturated carbocycles. The SMILES string of the molecule is C[C@@H](N)C(=O)NC(COc1ccccc1F)C(C)(C)C. The summed E-state index contributed by atoms with van der Waals surface area (Å²) < 4.78 is 19.0. The highest BCUT2D eigenvalue weighted by atomic mass is 19.1. The Bertz CT molecular complexity index is 455. The number of halogens is 1. The number of benzene rings is 1. The summed E-state index contributed by atoms with van der Waals surface area (Å²) in [5.74, 6) is -0.488. The zero-order valence-electron chi connectivity index (χ0n) is 12.4. The molecule has 0 aliphatic heterocycles. The summed E-state index contributed by atoms with van der Waals surface area (Å²) in [5.41, 5.74) is 5.32. The smallest absolute Gasteiger partial charge is 0.236 e. The fourth-order valence-corrected chi connectivity index (χ4v) is 1.55. The maximum atomic E-state index is 13.5. The number of nitrogens with one attached hydrogen (secondary N) is 1.